The van der Waals surface area contributed by atoms with E-state index in [0.717, 1.165) is 5.56 Å². The van der Waals surface area contributed by atoms with Gasteiger partial charge in [0.2, 0.25) is 10.0 Å². The third kappa shape index (κ3) is 3.65. The Morgan fingerprint density at radius 3 is 2.71 bits per heavy atom. The molecule has 0 saturated heterocycles. The molecule has 0 saturated carbocycles. The predicted molar refractivity (Wildman–Crippen MR) is 69.7 cm³/mol. The van der Waals surface area contributed by atoms with Crippen LogP contribution in [0.3, 0.4) is 0 Å². The van der Waals surface area contributed by atoms with Crippen LogP contribution in [-0.4, -0.2) is 27.1 Å². The van der Waals surface area contributed by atoms with E-state index >= 15 is 0 Å². The molecule has 0 radical (unpaired) electrons. The SMILES string of the molecule is COc1ccc(C)cc1S(=O)(=O)NCC(N)=S. The standard InChI is InChI=1S/C10H14N2O3S2/c1-7-3-4-8(15-2)9(5-7)17(13,14)12-6-10(11)16/h3-5,12H,6H2,1-2H3,(H2,11,16). The van der Waals surface area contributed by atoms with Crippen molar-refractivity contribution in [1.82, 2.24) is 4.72 Å². The lowest BCUT2D eigenvalue weighted by Crippen LogP contribution is -2.32. The van der Waals surface area contributed by atoms with Gasteiger partial charge < -0.3 is 10.5 Å². The molecule has 1 aromatic carbocycles. The summed E-state index contributed by atoms with van der Waals surface area (Å²) in [7, 11) is -2.25. The van der Waals surface area contributed by atoms with Gasteiger partial charge in [0.05, 0.1) is 18.6 Å². The largest absolute Gasteiger partial charge is 0.495 e. The number of hydrogen-bond donors (Lipinski definition) is 2. The van der Waals surface area contributed by atoms with E-state index in [1.54, 1.807) is 19.1 Å². The minimum atomic E-state index is -3.66. The van der Waals surface area contributed by atoms with E-state index in [-0.39, 0.29) is 22.2 Å². The molecule has 0 amide bonds. The van der Waals surface area contributed by atoms with Gasteiger partial charge in [0.25, 0.3) is 0 Å². The number of nitrogens with one attached hydrogen (secondary N) is 1. The zero-order valence-electron chi connectivity index (χ0n) is 9.56. The average molecular weight is 274 g/mol. The Morgan fingerprint density at radius 2 is 2.18 bits per heavy atom. The van der Waals surface area contributed by atoms with Crippen molar-refractivity contribution in [2.45, 2.75) is 11.8 Å². The van der Waals surface area contributed by atoms with E-state index in [0.29, 0.717) is 0 Å². The first-order valence-electron chi connectivity index (χ1n) is 4.79. The lowest BCUT2D eigenvalue weighted by atomic mass is 10.2. The summed E-state index contributed by atoms with van der Waals surface area (Å²) in [6.45, 7) is 1.72. The quantitative estimate of drug-likeness (QED) is 0.767. The molecule has 5 nitrogen and oxygen atoms in total. The Hall–Kier alpha value is -1.18. The van der Waals surface area contributed by atoms with E-state index in [1.807, 2.05) is 0 Å². The van der Waals surface area contributed by atoms with Crippen molar-refractivity contribution in [3.63, 3.8) is 0 Å². The first-order chi connectivity index (χ1) is 7.86. The van der Waals surface area contributed by atoms with Crippen LogP contribution in [0.5, 0.6) is 5.75 Å². The summed E-state index contributed by atoms with van der Waals surface area (Å²) in [5.41, 5.74) is 6.07. The first-order valence-corrected chi connectivity index (χ1v) is 6.68. The minimum Gasteiger partial charge on any atom is -0.495 e. The van der Waals surface area contributed by atoms with Crippen molar-refractivity contribution in [3.05, 3.63) is 23.8 Å². The average Bonchev–Trinajstić information content (AvgIpc) is 2.26. The van der Waals surface area contributed by atoms with Crippen LogP contribution in [0.2, 0.25) is 0 Å². The van der Waals surface area contributed by atoms with Crippen LogP contribution in [0.25, 0.3) is 0 Å². The second-order valence-corrected chi connectivity index (χ2v) is 5.70. The number of nitrogens with two attached hydrogens (primary N) is 1. The number of sulfonamides is 1. The second-order valence-electron chi connectivity index (χ2n) is 3.45. The maximum absolute atomic E-state index is 12.0. The lowest BCUT2D eigenvalue weighted by Gasteiger charge is -2.10. The first kappa shape index (κ1) is 13.9. The van der Waals surface area contributed by atoms with Crippen molar-refractivity contribution in [1.29, 1.82) is 0 Å². The molecule has 0 fully saturated rings. The fourth-order valence-electron chi connectivity index (χ4n) is 1.24. The third-order valence-corrected chi connectivity index (χ3v) is 3.61. The molecule has 0 bridgehead atoms. The van der Waals surface area contributed by atoms with Crippen molar-refractivity contribution in [2.24, 2.45) is 5.73 Å². The number of rotatable bonds is 5. The predicted octanol–water partition coefficient (Wildman–Crippen LogP) is 0.568. The van der Waals surface area contributed by atoms with Gasteiger partial charge in [-0.2, -0.15) is 0 Å². The van der Waals surface area contributed by atoms with Crippen LogP contribution in [0.4, 0.5) is 0 Å². The monoisotopic (exact) mass is 274 g/mol. The minimum absolute atomic E-state index is 0.0746. The van der Waals surface area contributed by atoms with Gasteiger partial charge in [-0.25, -0.2) is 13.1 Å². The number of methoxy groups -OCH3 is 1. The van der Waals surface area contributed by atoms with Gasteiger partial charge >= 0.3 is 0 Å². The Kier molecular flexibility index (Phi) is 4.44. The number of hydrogen-bond acceptors (Lipinski definition) is 4. The number of ether oxygens (including phenoxy) is 1. The molecule has 0 aliphatic rings. The molecule has 0 spiro atoms. The fourth-order valence-corrected chi connectivity index (χ4v) is 2.66. The normalized spacial score (nSPS) is 11.2. The molecular formula is C10H14N2O3S2. The number of thiocarbonyl (C=S) groups is 1. The van der Waals surface area contributed by atoms with Crippen molar-refractivity contribution < 1.29 is 13.2 Å². The van der Waals surface area contributed by atoms with E-state index in [4.69, 9.17) is 10.5 Å². The molecule has 0 aliphatic heterocycles. The zero-order valence-corrected chi connectivity index (χ0v) is 11.2. The molecule has 0 unspecified atom stereocenters. The molecule has 94 valence electrons. The molecule has 1 rings (SSSR count). The molecule has 17 heavy (non-hydrogen) atoms. The van der Waals surface area contributed by atoms with Crippen LogP contribution >= 0.6 is 12.2 Å². The van der Waals surface area contributed by atoms with Gasteiger partial charge in [0.1, 0.15) is 10.6 Å². The van der Waals surface area contributed by atoms with Gasteiger partial charge in [0, 0.05) is 0 Å². The molecular weight excluding hydrogens is 260 g/mol. The second kappa shape index (κ2) is 5.44. The van der Waals surface area contributed by atoms with Gasteiger partial charge in [-0.3, -0.25) is 0 Å². The topological polar surface area (TPSA) is 81.4 Å². The van der Waals surface area contributed by atoms with E-state index < -0.39 is 10.0 Å². The Bertz CT molecular complexity index is 526. The molecule has 0 atom stereocenters. The van der Waals surface area contributed by atoms with Crippen LogP contribution in [0.1, 0.15) is 5.56 Å². The summed E-state index contributed by atoms with van der Waals surface area (Å²) in [4.78, 5) is 0.163. The van der Waals surface area contributed by atoms with Gasteiger partial charge in [-0.15, -0.1) is 0 Å². The molecule has 0 aliphatic carbocycles. The summed E-state index contributed by atoms with van der Waals surface area (Å²) in [6.07, 6.45) is 0. The highest BCUT2D eigenvalue weighted by Crippen LogP contribution is 2.24. The number of aryl methyl sites for hydroxylation is 1. The highest BCUT2D eigenvalue weighted by molar-refractivity contribution is 7.89. The van der Waals surface area contributed by atoms with Crippen LogP contribution in [0.15, 0.2) is 23.1 Å². The maximum atomic E-state index is 12.0. The summed E-state index contributed by atoms with van der Waals surface area (Å²) < 4.78 is 31.2. The smallest absolute Gasteiger partial charge is 0.244 e. The third-order valence-electron chi connectivity index (χ3n) is 2.05. The van der Waals surface area contributed by atoms with Crippen LogP contribution in [-0.2, 0) is 10.0 Å². The molecule has 0 heterocycles. The van der Waals surface area contributed by atoms with Crippen molar-refractivity contribution >= 4 is 27.2 Å². The van der Waals surface area contributed by atoms with Gasteiger partial charge in [-0.05, 0) is 24.6 Å². The Labute approximate surface area is 106 Å². The van der Waals surface area contributed by atoms with Gasteiger partial charge in [0.15, 0.2) is 0 Å². The molecule has 1 aromatic rings. The van der Waals surface area contributed by atoms with E-state index in [2.05, 4.69) is 16.9 Å². The molecule has 0 aromatic heterocycles. The Morgan fingerprint density at radius 1 is 1.53 bits per heavy atom. The maximum Gasteiger partial charge on any atom is 0.244 e. The van der Waals surface area contributed by atoms with E-state index in [9.17, 15) is 8.42 Å². The van der Waals surface area contributed by atoms with Crippen molar-refractivity contribution in [2.75, 3.05) is 13.7 Å². The zero-order chi connectivity index (χ0) is 13.1. The van der Waals surface area contributed by atoms with E-state index in [1.165, 1.54) is 13.2 Å². The highest BCUT2D eigenvalue weighted by atomic mass is 32.2. The number of benzene rings is 1. The van der Waals surface area contributed by atoms with Crippen LogP contribution < -0.4 is 15.2 Å². The highest BCUT2D eigenvalue weighted by Gasteiger charge is 2.19. The molecule has 7 heteroatoms. The summed E-state index contributed by atoms with van der Waals surface area (Å²) >= 11 is 4.62. The van der Waals surface area contributed by atoms with Crippen molar-refractivity contribution in [3.8, 4) is 5.75 Å². The molecule has 3 N–H and O–H groups in total. The Balaban J connectivity index is 3.13. The fraction of sp³-hybridized carbons (Fsp3) is 0.300. The lowest BCUT2D eigenvalue weighted by molar-refractivity contribution is 0.402. The summed E-state index contributed by atoms with van der Waals surface area (Å²) in [6, 6.07) is 4.90. The summed E-state index contributed by atoms with van der Waals surface area (Å²) in [5, 5.41) is 0. The van der Waals surface area contributed by atoms with Gasteiger partial charge in [-0.1, -0.05) is 18.3 Å². The van der Waals surface area contributed by atoms with Crippen LogP contribution in [0, 0.1) is 6.92 Å². The summed E-state index contributed by atoms with van der Waals surface area (Å²) in [5.74, 6) is 0.283.